The number of nitrogens with zero attached hydrogens (tertiary/aromatic N) is 2. The van der Waals surface area contributed by atoms with Crippen LogP contribution in [0.3, 0.4) is 0 Å². The van der Waals surface area contributed by atoms with E-state index in [0.717, 1.165) is 12.2 Å². The fourth-order valence-electron chi connectivity index (χ4n) is 1.46. The second-order valence-corrected chi connectivity index (χ2v) is 3.49. The number of aromatic nitrogens is 2. The Morgan fingerprint density at radius 2 is 1.86 bits per heavy atom. The molecule has 0 aliphatic heterocycles. The molecule has 0 amide bonds. The molecule has 2 nitrogen and oxygen atoms in total. The van der Waals surface area contributed by atoms with Crippen molar-refractivity contribution in [3.63, 3.8) is 0 Å². The summed E-state index contributed by atoms with van der Waals surface area (Å²) in [6, 6.07) is 0. The topological polar surface area (TPSA) is 27.0 Å². The third-order valence-corrected chi connectivity index (χ3v) is 2.27. The summed E-state index contributed by atoms with van der Waals surface area (Å²) in [5, 5.41) is 0. The summed E-state index contributed by atoms with van der Waals surface area (Å²) in [5.41, 5.74) is 0. The van der Waals surface area contributed by atoms with Crippen LogP contribution in [0, 0.1) is 0 Å². The molecular formula is C11H19N2Zn-. The molecule has 0 aliphatic rings. The first-order valence-electron chi connectivity index (χ1n) is 5.36. The molecule has 14 heavy (non-hydrogen) atoms. The van der Waals surface area contributed by atoms with E-state index >= 15 is 0 Å². The van der Waals surface area contributed by atoms with Gasteiger partial charge in [-0.15, -0.1) is 0 Å². The van der Waals surface area contributed by atoms with E-state index in [1.54, 1.807) is 12.4 Å². The molecule has 0 saturated heterocycles. The van der Waals surface area contributed by atoms with Crippen LogP contribution in [0.4, 0.5) is 0 Å². The summed E-state index contributed by atoms with van der Waals surface area (Å²) in [4.78, 5) is 8.28. The summed E-state index contributed by atoms with van der Waals surface area (Å²) in [6.07, 6.45) is 12.6. The molecule has 0 bridgehead atoms. The molecular weight excluding hydrogens is 226 g/mol. The van der Waals surface area contributed by atoms with Crippen LogP contribution in [0.15, 0.2) is 12.4 Å². The van der Waals surface area contributed by atoms with Gasteiger partial charge < -0.3 is 9.97 Å². The van der Waals surface area contributed by atoms with Crippen LogP contribution in [0.2, 0.25) is 0 Å². The first-order valence-corrected chi connectivity index (χ1v) is 5.36. The first kappa shape index (κ1) is 13.8. The number of hydrogen-bond donors (Lipinski definition) is 0. The van der Waals surface area contributed by atoms with Gasteiger partial charge >= 0.3 is 0 Å². The van der Waals surface area contributed by atoms with Gasteiger partial charge in [0, 0.05) is 19.5 Å². The molecule has 0 radical (unpaired) electrons. The summed E-state index contributed by atoms with van der Waals surface area (Å²) in [6.45, 7) is 2.25. The minimum Gasteiger partial charge on any atom is -0.446 e. The number of aryl methyl sites for hydroxylation is 1. The van der Waals surface area contributed by atoms with E-state index < -0.39 is 0 Å². The maximum absolute atomic E-state index is 4.14. The molecule has 1 heterocycles. The Kier molecular flexibility index (Phi) is 9.28. The maximum atomic E-state index is 4.14. The SMILES string of the molecule is CCCCCCCCc1ncc[n-]1.[Zn]. The summed E-state index contributed by atoms with van der Waals surface area (Å²) >= 11 is 0. The van der Waals surface area contributed by atoms with Crippen molar-refractivity contribution in [3.8, 4) is 0 Å². The summed E-state index contributed by atoms with van der Waals surface area (Å²) < 4.78 is 0. The first-order chi connectivity index (χ1) is 6.43. The van der Waals surface area contributed by atoms with E-state index in [4.69, 9.17) is 0 Å². The molecule has 0 atom stereocenters. The molecule has 0 aromatic carbocycles. The van der Waals surface area contributed by atoms with Gasteiger partial charge in [-0.25, -0.2) is 0 Å². The second-order valence-electron chi connectivity index (χ2n) is 3.49. The molecule has 0 saturated carbocycles. The predicted molar refractivity (Wildman–Crippen MR) is 54.6 cm³/mol. The summed E-state index contributed by atoms with van der Waals surface area (Å²) in [5.74, 6) is 1.01. The molecule has 0 N–H and O–H groups in total. The van der Waals surface area contributed by atoms with Gasteiger partial charge in [-0.2, -0.15) is 0 Å². The van der Waals surface area contributed by atoms with Crippen LogP contribution in [-0.2, 0) is 25.9 Å². The van der Waals surface area contributed by atoms with Crippen LogP contribution < -0.4 is 4.98 Å². The smallest absolute Gasteiger partial charge is 0 e. The number of imidazole rings is 1. The van der Waals surface area contributed by atoms with Gasteiger partial charge in [0.2, 0.25) is 0 Å². The van der Waals surface area contributed by atoms with Crippen molar-refractivity contribution in [2.24, 2.45) is 0 Å². The number of unbranched alkanes of at least 4 members (excludes halogenated alkanes) is 5. The largest absolute Gasteiger partial charge is 0.446 e. The van der Waals surface area contributed by atoms with Crippen molar-refractivity contribution in [1.82, 2.24) is 9.97 Å². The molecule has 0 unspecified atom stereocenters. The van der Waals surface area contributed by atoms with Gasteiger partial charge in [0.25, 0.3) is 0 Å². The minimum absolute atomic E-state index is 0. The molecule has 76 valence electrons. The second kappa shape index (κ2) is 9.39. The van der Waals surface area contributed by atoms with E-state index in [1.165, 1.54) is 38.5 Å². The molecule has 1 rings (SSSR count). The number of rotatable bonds is 7. The fourth-order valence-corrected chi connectivity index (χ4v) is 1.46. The van der Waals surface area contributed by atoms with Gasteiger partial charge in [0.1, 0.15) is 0 Å². The zero-order valence-corrected chi connectivity index (χ0v) is 12.2. The molecule has 0 spiro atoms. The summed E-state index contributed by atoms with van der Waals surface area (Å²) in [7, 11) is 0. The monoisotopic (exact) mass is 243 g/mol. The van der Waals surface area contributed by atoms with Crippen molar-refractivity contribution >= 4 is 0 Å². The Morgan fingerprint density at radius 1 is 1.14 bits per heavy atom. The van der Waals surface area contributed by atoms with Gasteiger partial charge in [-0.1, -0.05) is 57.2 Å². The number of hydrogen-bond acceptors (Lipinski definition) is 1. The molecule has 1 aromatic rings. The molecule has 3 heteroatoms. The van der Waals surface area contributed by atoms with Crippen LogP contribution in [-0.4, -0.2) is 4.98 Å². The predicted octanol–water partition coefficient (Wildman–Crippen LogP) is 2.94. The van der Waals surface area contributed by atoms with E-state index in [2.05, 4.69) is 16.9 Å². The van der Waals surface area contributed by atoms with Gasteiger partial charge in [-0.05, 0) is 12.8 Å². The van der Waals surface area contributed by atoms with Crippen molar-refractivity contribution in [3.05, 3.63) is 18.2 Å². The Morgan fingerprint density at radius 3 is 2.50 bits per heavy atom. The molecule has 0 fully saturated rings. The third kappa shape index (κ3) is 6.31. The van der Waals surface area contributed by atoms with Crippen LogP contribution >= 0.6 is 0 Å². The zero-order valence-electron chi connectivity index (χ0n) is 9.21. The standard InChI is InChI=1S/C11H19N2.Zn/c1-2-3-4-5-6-7-8-11-12-9-10-13-11;/h9-10H,2-8H2,1H3;/q-1;. The van der Waals surface area contributed by atoms with Crippen molar-refractivity contribution in [1.29, 1.82) is 0 Å². The van der Waals surface area contributed by atoms with Crippen molar-refractivity contribution in [2.75, 3.05) is 0 Å². The van der Waals surface area contributed by atoms with E-state index in [0.29, 0.717) is 0 Å². The third-order valence-electron chi connectivity index (χ3n) is 2.27. The quantitative estimate of drug-likeness (QED) is 0.545. The average Bonchev–Trinajstić information content (AvgIpc) is 2.63. The average molecular weight is 245 g/mol. The minimum atomic E-state index is 0. The van der Waals surface area contributed by atoms with Gasteiger partial charge in [0.15, 0.2) is 0 Å². The van der Waals surface area contributed by atoms with E-state index in [-0.39, 0.29) is 19.5 Å². The Hall–Kier alpha value is -0.167. The Labute approximate surface area is 99.7 Å². The van der Waals surface area contributed by atoms with E-state index in [1.807, 2.05) is 0 Å². The van der Waals surface area contributed by atoms with Crippen molar-refractivity contribution < 1.29 is 19.5 Å². The van der Waals surface area contributed by atoms with E-state index in [9.17, 15) is 0 Å². The normalized spacial score (nSPS) is 9.79. The Bertz CT molecular complexity index is 197. The van der Waals surface area contributed by atoms with Crippen LogP contribution in [0.5, 0.6) is 0 Å². The Balaban J connectivity index is 0.00000169. The fraction of sp³-hybridized carbons (Fsp3) is 0.727. The van der Waals surface area contributed by atoms with Crippen LogP contribution in [0.25, 0.3) is 0 Å². The molecule has 0 aliphatic carbocycles. The zero-order chi connectivity index (χ0) is 9.36. The van der Waals surface area contributed by atoms with Gasteiger partial charge in [-0.3, -0.25) is 0 Å². The van der Waals surface area contributed by atoms with Gasteiger partial charge in [0.05, 0.1) is 0 Å². The van der Waals surface area contributed by atoms with Crippen molar-refractivity contribution in [2.45, 2.75) is 51.9 Å². The maximum Gasteiger partial charge on any atom is 0 e. The van der Waals surface area contributed by atoms with Crippen LogP contribution in [0.1, 0.15) is 51.3 Å². The molecule has 1 aromatic heterocycles.